The van der Waals surface area contributed by atoms with E-state index in [9.17, 15) is 4.79 Å². The maximum absolute atomic E-state index is 10.6. The number of nitriles is 1. The highest BCUT2D eigenvalue weighted by atomic mass is 16.4. The molecule has 0 spiro atoms. The van der Waals surface area contributed by atoms with Crippen molar-refractivity contribution in [3.63, 3.8) is 0 Å². The van der Waals surface area contributed by atoms with Crippen molar-refractivity contribution in [3.8, 4) is 6.07 Å². The number of hydrogen-bond acceptors (Lipinski definition) is 5. The summed E-state index contributed by atoms with van der Waals surface area (Å²) in [5.41, 5.74) is -0.0854. The largest absolute Gasteiger partial charge is 0.476 e. The minimum Gasteiger partial charge on any atom is -0.476 e. The lowest BCUT2D eigenvalue weighted by atomic mass is 10.2. The van der Waals surface area contributed by atoms with Crippen LogP contribution in [0.25, 0.3) is 0 Å². The molecule has 0 radical (unpaired) electrons. The highest BCUT2D eigenvalue weighted by Crippen LogP contribution is 2.13. The number of carboxylic acids is 1. The highest BCUT2D eigenvalue weighted by molar-refractivity contribution is 5.85. The number of aromatic nitrogens is 2. The van der Waals surface area contributed by atoms with Crippen LogP contribution in [0.3, 0.4) is 0 Å². The molecule has 6 heteroatoms. The van der Waals surface area contributed by atoms with Crippen LogP contribution in [0.15, 0.2) is 12.1 Å². The molecule has 1 N–H and O–H groups in total. The van der Waals surface area contributed by atoms with E-state index < -0.39 is 5.97 Å². The Morgan fingerprint density at radius 3 is 2.65 bits per heavy atom. The number of rotatable bonds is 5. The minimum absolute atomic E-state index is 0.0854. The van der Waals surface area contributed by atoms with E-state index in [0.717, 1.165) is 0 Å². The Kier molecular flexibility index (Phi) is 4.40. The van der Waals surface area contributed by atoms with Gasteiger partial charge in [-0.1, -0.05) is 0 Å². The van der Waals surface area contributed by atoms with E-state index in [2.05, 4.69) is 16.3 Å². The summed E-state index contributed by atoms with van der Waals surface area (Å²) >= 11 is 0. The fourth-order valence-electron chi connectivity index (χ4n) is 1.40. The maximum Gasteiger partial charge on any atom is 0.356 e. The average molecular weight is 234 g/mol. The third-order valence-corrected chi connectivity index (χ3v) is 2.25. The molecule has 0 aliphatic carbocycles. The smallest absolute Gasteiger partial charge is 0.356 e. The number of aromatic carboxylic acids is 1. The predicted octanol–water partition coefficient (Wildman–Crippen LogP) is 1.30. The Hall–Kier alpha value is -2.16. The van der Waals surface area contributed by atoms with Gasteiger partial charge in [-0.2, -0.15) is 5.26 Å². The van der Waals surface area contributed by atoms with Crippen LogP contribution < -0.4 is 4.90 Å². The molecule has 1 aromatic heterocycles. The van der Waals surface area contributed by atoms with Gasteiger partial charge in [0, 0.05) is 12.6 Å². The zero-order chi connectivity index (χ0) is 12.8. The van der Waals surface area contributed by atoms with Crippen molar-refractivity contribution in [2.24, 2.45) is 0 Å². The quantitative estimate of drug-likeness (QED) is 0.825. The van der Waals surface area contributed by atoms with Crippen molar-refractivity contribution in [3.05, 3.63) is 17.8 Å². The Morgan fingerprint density at radius 2 is 2.24 bits per heavy atom. The van der Waals surface area contributed by atoms with E-state index >= 15 is 0 Å². The first kappa shape index (κ1) is 12.9. The van der Waals surface area contributed by atoms with Gasteiger partial charge in [0.25, 0.3) is 0 Å². The van der Waals surface area contributed by atoms with Crippen molar-refractivity contribution in [1.29, 1.82) is 5.26 Å². The molecule has 1 heterocycles. The van der Waals surface area contributed by atoms with Crippen LogP contribution in [0.2, 0.25) is 0 Å². The molecule has 1 aromatic rings. The summed E-state index contributed by atoms with van der Waals surface area (Å²) in [7, 11) is 0. The lowest BCUT2D eigenvalue weighted by molar-refractivity contribution is 0.0689. The van der Waals surface area contributed by atoms with E-state index in [-0.39, 0.29) is 11.7 Å². The number of carbonyl (C=O) groups is 1. The van der Waals surface area contributed by atoms with Crippen molar-refractivity contribution in [2.75, 3.05) is 11.4 Å². The summed E-state index contributed by atoms with van der Waals surface area (Å²) in [5.74, 6) is -0.516. The first-order valence-corrected chi connectivity index (χ1v) is 5.27. The zero-order valence-corrected chi connectivity index (χ0v) is 9.79. The second kappa shape index (κ2) is 5.80. The predicted molar refractivity (Wildman–Crippen MR) is 61.7 cm³/mol. The van der Waals surface area contributed by atoms with Crippen LogP contribution in [-0.2, 0) is 0 Å². The van der Waals surface area contributed by atoms with Crippen molar-refractivity contribution < 1.29 is 9.90 Å². The normalized spacial score (nSPS) is 10.0. The lowest BCUT2D eigenvalue weighted by Crippen LogP contribution is -2.32. The summed E-state index contributed by atoms with van der Waals surface area (Å²) in [6.45, 7) is 4.50. The van der Waals surface area contributed by atoms with Gasteiger partial charge in [0.05, 0.1) is 12.5 Å². The number of nitrogens with zero attached hydrogens (tertiary/aromatic N) is 4. The van der Waals surface area contributed by atoms with E-state index in [1.165, 1.54) is 6.07 Å². The summed E-state index contributed by atoms with van der Waals surface area (Å²) in [4.78, 5) is 12.5. The molecule has 0 amide bonds. The summed E-state index contributed by atoms with van der Waals surface area (Å²) in [6.07, 6.45) is 0.389. The second-order valence-electron chi connectivity index (χ2n) is 3.78. The van der Waals surface area contributed by atoms with Gasteiger partial charge in [-0.3, -0.25) is 0 Å². The van der Waals surface area contributed by atoms with Crippen LogP contribution >= 0.6 is 0 Å². The third-order valence-electron chi connectivity index (χ3n) is 2.25. The molecule has 0 saturated carbocycles. The van der Waals surface area contributed by atoms with Gasteiger partial charge in [-0.15, -0.1) is 10.2 Å². The van der Waals surface area contributed by atoms with Crippen molar-refractivity contribution in [1.82, 2.24) is 10.2 Å². The fraction of sp³-hybridized carbons (Fsp3) is 0.455. The molecule has 0 aliphatic rings. The average Bonchev–Trinajstić information content (AvgIpc) is 2.29. The molecule has 1 rings (SSSR count). The van der Waals surface area contributed by atoms with Crippen LogP contribution in [0, 0.1) is 11.3 Å². The first-order valence-electron chi connectivity index (χ1n) is 5.27. The highest BCUT2D eigenvalue weighted by Gasteiger charge is 2.13. The molecular formula is C11H14N4O2. The van der Waals surface area contributed by atoms with Gasteiger partial charge in [0.15, 0.2) is 11.5 Å². The lowest BCUT2D eigenvalue weighted by Gasteiger charge is -2.26. The van der Waals surface area contributed by atoms with Gasteiger partial charge in [-0.05, 0) is 26.0 Å². The molecular weight excluding hydrogens is 220 g/mol. The van der Waals surface area contributed by atoms with Crippen LogP contribution in [0.5, 0.6) is 0 Å². The van der Waals surface area contributed by atoms with Crippen LogP contribution in [0.1, 0.15) is 30.8 Å². The Labute approximate surface area is 99.5 Å². The van der Waals surface area contributed by atoms with Crippen LogP contribution in [-0.4, -0.2) is 33.9 Å². The Morgan fingerprint density at radius 1 is 1.53 bits per heavy atom. The van der Waals surface area contributed by atoms with E-state index in [1.54, 1.807) is 6.07 Å². The third kappa shape index (κ3) is 3.41. The van der Waals surface area contributed by atoms with Gasteiger partial charge < -0.3 is 10.0 Å². The second-order valence-corrected chi connectivity index (χ2v) is 3.78. The summed E-state index contributed by atoms with van der Waals surface area (Å²) in [6, 6.07) is 5.26. The fourth-order valence-corrected chi connectivity index (χ4v) is 1.40. The Balaban J connectivity index is 2.88. The molecule has 0 aliphatic heterocycles. The van der Waals surface area contributed by atoms with Gasteiger partial charge in [0.1, 0.15) is 0 Å². The molecule has 0 unspecified atom stereocenters. The molecule has 17 heavy (non-hydrogen) atoms. The number of anilines is 1. The molecule has 0 aromatic carbocycles. The number of hydrogen-bond donors (Lipinski definition) is 1. The van der Waals surface area contributed by atoms with Crippen LogP contribution in [0.4, 0.5) is 5.82 Å². The maximum atomic E-state index is 10.6. The topological polar surface area (TPSA) is 90.1 Å². The van der Waals surface area contributed by atoms with E-state index in [0.29, 0.717) is 18.8 Å². The molecule has 90 valence electrons. The summed E-state index contributed by atoms with van der Waals surface area (Å²) < 4.78 is 0. The first-order chi connectivity index (χ1) is 8.06. The van der Waals surface area contributed by atoms with Crippen molar-refractivity contribution in [2.45, 2.75) is 26.3 Å². The van der Waals surface area contributed by atoms with E-state index in [4.69, 9.17) is 10.4 Å². The van der Waals surface area contributed by atoms with Crippen molar-refractivity contribution >= 4 is 11.8 Å². The number of carboxylic acid groups (broad SMARTS) is 1. The molecule has 0 saturated heterocycles. The van der Waals surface area contributed by atoms with Gasteiger partial charge in [-0.25, -0.2) is 4.79 Å². The van der Waals surface area contributed by atoms with E-state index in [1.807, 2.05) is 18.7 Å². The summed E-state index contributed by atoms with van der Waals surface area (Å²) in [5, 5.41) is 24.8. The molecule has 6 nitrogen and oxygen atoms in total. The molecule has 0 bridgehead atoms. The molecule has 0 fully saturated rings. The monoisotopic (exact) mass is 234 g/mol. The Bertz CT molecular complexity index is 422. The SMILES string of the molecule is CC(C)N(CCC#N)c1ccc(C(=O)O)nn1. The zero-order valence-electron chi connectivity index (χ0n) is 9.79. The van der Waals surface area contributed by atoms with Gasteiger partial charge >= 0.3 is 5.97 Å². The standard InChI is InChI=1S/C11H14N4O2/c1-8(2)15(7-3-6-12)10-5-4-9(11(16)17)13-14-10/h4-5,8H,3,7H2,1-2H3,(H,16,17). The molecule has 0 atom stereocenters. The minimum atomic E-state index is -1.10. The van der Waals surface area contributed by atoms with Gasteiger partial charge in [0.2, 0.25) is 0 Å².